The van der Waals surface area contributed by atoms with Crippen LogP contribution in [0.5, 0.6) is 0 Å². The van der Waals surface area contributed by atoms with Gasteiger partial charge < -0.3 is 13.6 Å². The maximum atomic E-state index is 9.81. The number of benzene rings is 3. The lowest BCUT2D eigenvalue weighted by Gasteiger charge is -2.34. The molecule has 0 saturated carbocycles. The van der Waals surface area contributed by atoms with Gasteiger partial charge in [0.2, 0.25) is 0 Å². The van der Waals surface area contributed by atoms with E-state index in [-0.39, 0.29) is 7.43 Å². The van der Waals surface area contributed by atoms with Crippen molar-refractivity contribution in [1.82, 2.24) is 0 Å². The molecule has 0 aliphatic heterocycles. The second kappa shape index (κ2) is 21.0. The third kappa shape index (κ3) is 14.9. The van der Waals surface area contributed by atoms with Crippen LogP contribution >= 0.6 is 0 Å². The fraction of sp³-hybridized carbons (Fsp3) is 0.474. The molecule has 0 amide bonds. The molecule has 0 aromatic heterocycles. The van der Waals surface area contributed by atoms with Crippen LogP contribution in [0.3, 0.4) is 0 Å². The molecule has 3 atom stereocenters. The maximum Gasteiger partial charge on any atom is 0.310 e. The number of ether oxygens (including phenoxy) is 1. The summed E-state index contributed by atoms with van der Waals surface area (Å²) in [7, 11) is 0.409. The molecule has 45 heavy (non-hydrogen) atoms. The van der Waals surface area contributed by atoms with Gasteiger partial charge in [-0.1, -0.05) is 112 Å². The predicted molar refractivity (Wildman–Crippen MR) is 196 cm³/mol. The van der Waals surface area contributed by atoms with E-state index in [4.69, 9.17) is 8.85 Å². The quantitative estimate of drug-likeness (QED) is 0.117. The maximum absolute atomic E-state index is 9.81. The van der Waals surface area contributed by atoms with Crippen LogP contribution in [0, 0.1) is 6.92 Å². The topological polar surface area (TPSA) is 61.8 Å². The number of carbonyl (C=O) groups is 2. The molecule has 3 aromatic carbocycles. The molecule has 3 rings (SSSR count). The molecule has 0 N–H and O–H groups in total. The van der Waals surface area contributed by atoms with E-state index in [1.54, 1.807) is 0 Å². The van der Waals surface area contributed by atoms with Crippen LogP contribution in [-0.4, -0.2) is 42.8 Å². The van der Waals surface area contributed by atoms with E-state index in [0.717, 1.165) is 12.8 Å². The van der Waals surface area contributed by atoms with Gasteiger partial charge in [-0.05, 0) is 75.0 Å². The van der Waals surface area contributed by atoms with E-state index in [1.165, 1.54) is 42.5 Å². The van der Waals surface area contributed by atoms with Crippen molar-refractivity contribution in [2.45, 2.75) is 104 Å². The summed E-state index contributed by atoms with van der Waals surface area (Å²) < 4.78 is 15.7. The van der Waals surface area contributed by atoms with Crippen LogP contribution < -0.4 is 0 Å². The normalized spacial score (nSPS) is 13.0. The van der Waals surface area contributed by atoms with Gasteiger partial charge in [-0.25, -0.2) is 0 Å². The zero-order valence-electron chi connectivity index (χ0n) is 29.0. The summed E-state index contributed by atoms with van der Waals surface area (Å²) in [6.07, 6.45) is 3.50. The van der Waals surface area contributed by atoms with Crippen molar-refractivity contribution in [3.05, 3.63) is 107 Å². The molecule has 0 aliphatic carbocycles. The molecule has 5 nitrogen and oxygen atoms in total. The fourth-order valence-electron chi connectivity index (χ4n) is 5.55. The highest BCUT2D eigenvalue weighted by Crippen LogP contribution is 2.38. The standard InChI is InChI=1S/C21H30OSi.C12H20OSi.C4H6O3.CH4/c1-6-18(20-14-10-11-17(2)15-20)16-21(23(4,5)22-3)19-12-8-7-9-13-19;1-5-12(14(3,4)13-2)11-9-7-6-8-10-11;1-3(5)7-4(2)6;/h7-15,18,21H,6,16H2,1-5H3;6-10,12H,5H2,1-4H3;1-2H3;1H4. The van der Waals surface area contributed by atoms with Crippen molar-refractivity contribution in [2.75, 3.05) is 14.2 Å². The summed E-state index contributed by atoms with van der Waals surface area (Å²) in [6.45, 7) is 18.3. The van der Waals surface area contributed by atoms with E-state index in [2.05, 4.69) is 137 Å². The van der Waals surface area contributed by atoms with Crippen molar-refractivity contribution < 1.29 is 23.2 Å². The molecule has 0 bridgehead atoms. The Kier molecular flexibility index (Phi) is 19.7. The van der Waals surface area contributed by atoms with E-state index >= 15 is 0 Å². The minimum Gasteiger partial charge on any atom is -0.420 e. The third-order valence-electron chi connectivity index (χ3n) is 8.36. The van der Waals surface area contributed by atoms with E-state index in [0.29, 0.717) is 17.0 Å². The first kappa shape index (κ1) is 42.2. The molecule has 3 unspecified atom stereocenters. The summed E-state index contributed by atoms with van der Waals surface area (Å²) in [5.74, 6) is -0.540. The van der Waals surface area contributed by atoms with Crippen LogP contribution in [0.15, 0.2) is 84.9 Å². The van der Waals surface area contributed by atoms with Crippen LogP contribution in [0.1, 0.15) is 93.6 Å². The van der Waals surface area contributed by atoms with Crippen LogP contribution in [0.25, 0.3) is 0 Å². The molecule has 3 aromatic rings. The minimum atomic E-state index is -1.77. The van der Waals surface area contributed by atoms with Gasteiger partial charge in [0.15, 0.2) is 16.6 Å². The van der Waals surface area contributed by atoms with Gasteiger partial charge in [-0.2, -0.15) is 0 Å². The lowest BCUT2D eigenvalue weighted by atomic mass is 9.89. The molecule has 0 aliphatic rings. The Morgan fingerprint density at radius 3 is 1.42 bits per heavy atom. The largest absolute Gasteiger partial charge is 0.420 e. The third-order valence-corrected chi connectivity index (χ3v) is 15.1. The first-order valence-electron chi connectivity index (χ1n) is 15.7. The molecule has 0 heterocycles. The van der Waals surface area contributed by atoms with Crippen molar-refractivity contribution in [3.63, 3.8) is 0 Å². The van der Waals surface area contributed by atoms with Crippen molar-refractivity contribution in [1.29, 1.82) is 0 Å². The van der Waals surface area contributed by atoms with Gasteiger partial charge in [0.25, 0.3) is 0 Å². The highest BCUT2D eigenvalue weighted by molar-refractivity contribution is 6.73. The fourth-order valence-corrected chi connectivity index (χ4v) is 9.95. The SMILES string of the molecule is C.CC(=O)OC(C)=O.CCC(CC(c1ccccc1)[Si](C)(C)OC)c1cccc(C)c1.CCC(c1ccccc1)[Si](C)(C)OC. The summed E-state index contributed by atoms with van der Waals surface area (Å²) >= 11 is 0. The number of hydrogen-bond acceptors (Lipinski definition) is 5. The number of esters is 2. The smallest absolute Gasteiger partial charge is 0.310 e. The highest BCUT2D eigenvalue weighted by Gasteiger charge is 2.35. The molecule has 0 saturated heterocycles. The number of aryl methyl sites for hydroxylation is 1. The lowest BCUT2D eigenvalue weighted by molar-refractivity contribution is -0.156. The van der Waals surface area contributed by atoms with Crippen molar-refractivity contribution >= 4 is 28.6 Å². The Hall–Kier alpha value is -2.85. The van der Waals surface area contributed by atoms with Crippen LogP contribution in [-0.2, 0) is 23.2 Å². The Balaban J connectivity index is 0.000000748. The predicted octanol–water partition coefficient (Wildman–Crippen LogP) is 10.4. The van der Waals surface area contributed by atoms with E-state index < -0.39 is 28.6 Å². The van der Waals surface area contributed by atoms with Crippen molar-refractivity contribution in [2.24, 2.45) is 0 Å². The van der Waals surface area contributed by atoms with Gasteiger partial charge in [-0.15, -0.1) is 0 Å². The molecular formula is C38H60O5Si2. The summed E-state index contributed by atoms with van der Waals surface area (Å²) in [5, 5.41) is 0. The van der Waals surface area contributed by atoms with Gasteiger partial charge in [0.1, 0.15) is 0 Å². The van der Waals surface area contributed by atoms with Gasteiger partial charge in [0, 0.05) is 39.1 Å². The highest BCUT2D eigenvalue weighted by atomic mass is 28.4. The first-order valence-corrected chi connectivity index (χ1v) is 21.6. The Labute approximate surface area is 277 Å². The molecule has 0 radical (unpaired) electrons. The van der Waals surface area contributed by atoms with Crippen molar-refractivity contribution in [3.8, 4) is 0 Å². The average molecular weight is 653 g/mol. The lowest BCUT2D eigenvalue weighted by Crippen LogP contribution is -2.38. The summed E-state index contributed by atoms with van der Waals surface area (Å²) in [6, 6.07) is 30.6. The number of carbonyl (C=O) groups excluding carboxylic acids is 2. The van der Waals surface area contributed by atoms with Gasteiger partial charge in [0.05, 0.1) is 0 Å². The average Bonchev–Trinajstić information content (AvgIpc) is 2.99. The monoisotopic (exact) mass is 652 g/mol. The van der Waals surface area contributed by atoms with Gasteiger partial charge in [-0.3, -0.25) is 9.59 Å². The van der Waals surface area contributed by atoms with Crippen LogP contribution in [0.2, 0.25) is 26.2 Å². The Morgan fingerprint density at radius 1 is 0.644 bits per heavy atom. The summed E-state index contributed by atoms with van der Waals surface area (Å²) in [4.78, 5) is 19.6. The van der Waals surface area contributed by atoms with Gasteiger partial charge >= 0.3 is 11.9 Å². The molecule has 7 heteroatoms. The second-order valence-corrected chi connectivity index (χ2v) is 20.9. The molecule has 0 fully saturated rings. The second-order valence-electron chi connectivity index (χ2n) is 12.3. The van der Waals surface area contributed by atoms with E-state index in [1.807, 2.05) is 14.2 Å². The molecule has 250 valence electrons. The van der Waals surface area contributed by atoms with E-state index in [9.17, 15) is 9.59 Å². The zero-order valence-corrected chi connectivity index (χ0v) is 31.0. The summed E-state index contributed by atoms with van der Waals surface area (Å²) in [5.41, 5.74) is 6.79. The first-order chi connectivity index (χ1) is 20.7. The number of rotatable bonds is 11. The van der Waals surface area contributed by atoms with Crippen LogP contribution in [0.4, 0.5) is 0 Å². The number of hydrogen-bond donors (Lipinski definition) is 0. The Morgan fingerprint density at radius 2 is 1.07 bits per heavy atom. The molecule has 0 spiro atoms. The molecular weight excluding hydrogens is 593 g/mol. The Bertz CT molecular complexity index is 1230. The minimum absolute atomic E-state index is 0. The zero-order chi connectivity index (χ0) is 33.3.